The minimum atomic E-state index is -2.94. The van der Waals surface area contributed by atoms with Crippen LogP contribution in [0.4, 0.5) is 8.78 Å². The van der Waals surface area contributed by atoms with E-state index in [9.17, 15) is 13.6 Å². The first-order valence-electron chi connectivity index (χ1n) is 3.43. The molecule has 0 radical (unpaired) electrons. The number of esters is 1. The Labute approximate surface area is 67.9 Å². The highest BCUT2D eigenvalue weighted by molar-refractivity contribution is 5.78. The van der Waals surface area contributed by atoms with Crippen LogP contribution in [0.3, 0.4) is 0 Å². The zero-order valence-electron chi connectivity index (χ0n) is 6.38. The van der Waals surface area contributed by atoms with Crippen LogP contribution in [0.1, 0.15) is 6.92 Å². The quantitative estimate of drug-likeness (QED) is 0.587. The van der Waals surface area contributed by atoms with Gasteiger partial charge in [-0.15, -0.1) is 0 Å². The summed E-state index contributed by atoms with van der Waals surface area (Å²) in [4.78, 5) is 10.7. The molecular formula is C7H7F2NO2. The Morgan fingerprint density at radius 2 is 2.25 bits per heavy atom. The third-order valence-corrected chi connectivity index (χ3v) is 1.95. The third-order valence-electron chi connectivity index (χ3n) is 1.95. The van der Waals surface area contributed by atoms with Crippen LogP contribution in [0.5, 0.6) is 0 Å². The van der Waals surface area contributed by atoms with Gasteiger partial charge in [-0.2, -0.15) is 5.26 Å². The number of carbonyl (C=O) groups is 1. The Bertz CT molecular complexity index is 246. The van der Waals surface area contributed by atoms with E-state index in [-0.39, 0.29) is 0 Å². The van der Waals surface area contributed by atoms with Gasteiger partial charge < -0.3 is 4.74 Å². The molecule has 3 nitrogen and oxygen atoms in total. The van der Waals surface area contributed by atoms with E-state index in [0.717, 1.165) is 0 Å². The van der Waals surface area contributed by atoms with E-state index >= 15 is 0 Å². The number of hydrogen-bond donors (Lipinski definition) is 0. The molecule has 0 aromatic rings. The van der Waals surface area contributed by atoms with Crippen molar-refractivity contribution in [2.45, 2.75) is 12.8 Å². The third kappa shape index (κ3) is 1.24. The van der Waals surface area contributed by atoms with Crippen LogP contribution in [-0.2, 0) is 9.53 Å². The molecule has 66 valence electrons. The Morgan fingerprint density at radius 1 is 1.75 bits per heavy atom. The van der Waals surface area contributed by atoms with E-state index < -0.39 is 30.3 Å². The van der Waals surface area contributed by atoms with E-state index in [2.05, 4.69) is 4.74 Å². The lowest BCUT2D eigenvalue weighted by Crippen LogP contribution is -2.11. The second-order valence-corrected chi connectivity index (χ2v) is 2.71. The number of hydrogen-bond acceptors (Lipinski definition) is 3. The van der Waals surface area contributed by atoms with Gasteiger partial charge in [0.15, 0.2) is 6.61 Å². The summed E-state index contributed by atoms with van der Waals surface area (Å²) in [5.74, 6) is -6.21. The number of ether oxygens (including phenoxy) is 1. The summed E-state index contributed by atoms with van der Waals surface area (Å²) in [5, 5.41) is 8.00. The van der Waals surface area contributed by atoms with Gasteiger partial charge in [0.05, 0.1) is 0 Å². The van der Waals surface area contributed by atoms with Crippen molar-refractivity contribution >= 4 is 5.97 Å². The largest absolute Gasteiger partial charge is 0.450 e. The molecule has 5 heteroatoms. The van der Waals surface area contributed by atoms with E-state index in [1.54, 1.807) is 0 Å². The van der Waals surface area contributed by atoms with Crippen molar-refractivity contribution in [1.29, 1.82) is 5.26 Å². The molecule has 0 N–H and O–H groups in total. The van der Waals surface area contributed by atoms with E-state index in [0.29, 0.717) is 0 Å². The van der Waals surface area contributed by atoms with Crippen LogP contribution in [0.2, 0.25) is 0 Å². The number of halogens is 2. The van der Waals surface area contributed by atoms with Gasteiger partial charge in [-0.3, -0.25) is 4.79 Å². The van der Waals surface area contributed by atoms with Crippen molar-refractivity contribution in [3.05, 3.63) is 0 Å². The Hall–Kier alpha value is -1.18. The van der Waals surface area contributed by atoms with Gasteiger partial charge in [0.2, 0.25) is 0 Å². The molecule has 0 heterocycles. The molecule has 1 aliphatic rings. The van der Waals surface area contributed by atoms with Crippen molar-refractivity contribution in [2.24, 2.45) is 11.8 Å². The molecule has 1 rings (SSSR count). The van der Waals surface area contributed by atoms with Gasteiger partial charge in [0.25, 0.3) is 5.92 Å². The molecule has 1 fully saturated rings. The van der Waals surface area contributed by atoms with Crippen LogP contribution in [0, 0.1) is 23.2 Å². The first-order valence-corrected chi connectivity index (χ1v) is 3.43. The van der Waals surface area contributed by atoms with E-state index in [1.807, 2.05) is 0 Å². The van der Waals surface area contributed by atoms with Crippen LogP contribution in [0.15, 0.2) is 0 Å². The van der Waals surface area contributed by atoms with Gasteiger partial charge in [-0.05, 0) is 0 Å². The molecule has 2 unspecified atom stereocenters. The summed E-state index contributed by atoms with van der Waals surface area (Å²) >= 11 is 0. The normalized spacial score (nSPS) is 30.5. The lowest BCUT2D eigenvalue weighted by molar-refractivity contribution is -0.146. The number of rotatable bonds is 2. The summed E-state index contributed by atoms with van der Waals surface area (Å²) in [6, 6.07) is 1.54. The predicted octanol–water partition coefficient (Wildman–Crippen LogP) is 0.954. The van der Waals surface area contributed by atoms with Gasteiger partial charge in [-0.25, -0.2) is 8.78 Å². The Balaban J connectivity index is 2.43. The molecule has 2 atom stereocenters. The van der Waals surface area contributed by atoms with Crippen LogP contribution < -0.4 is 0 Å². The zero-order valence-corrected chi connectivity index (χ0v) is 6.38. The van der Waals surface area contributed by atoms with Gasteiger partial charge in [-0.1, -0.05) is 6.92 Å². The van der Waals surface area contributed by atoms with Crippen molar-refractivity contribution in [1.82, 2.24) is 0 Å². The van der Waals surface area contributed by atoms with Crippen molar-refractivity contribution in [3.8, 4) is 6.07 Å². The average molecular weight is 175 g/mol. The van der Waals surface area contributed by atoms with Crippen LogP contribution >= 0.6 is 0 Å². The Morgan fingerprint density at radius 3 is 2.58 bits per heavy atom. The molecule has 1 aliphatic carbocycles. The highest BCUT2D eigenvalue weighted by Gasteiger charge is 2.70. The molecule has 0 bridgehead atoms. The molecule has 0 saturated heterocycles. The van der Waals surface area contributed by atoms with E-state index in [4.69, 9.17) is 5.26 Å². The van der Waals surface area contributed by atoms with Gasteiger partial charge >= 0.3 is 5.97 Å². The predicted molar refractivity (Wildman–Crippen MR) is 34.2 cm³/mol. The monoisotopic (exact) mass is 175 g/mol. The van der Waals surface area contributed by atoms with Crippen molar-refractivity contribution in [3.63, 3.8) is 0 Å². The van der Waals surface area contributed by atoms with E-state index in [1.165, 1.54) is 13.0 Å². The first-order chi connectivity index (χ1) is 5.51. The molecule has 0 aromatic carbocycles. The SMILES string of the molecule is CC1C(C(=O)OCC#N)C1(F)F. The van der Waals surface area contributed by atoms with Crippen molar-refractivity contribution in [2.75, 3.05) is 6.61 Å². The number of carbonyl (C=O) groups excluding carboxylic acids is 1. The number of nitriles is 1. The fourth-order valence-corrected chi connectivity index (χ4v) is 1.03. The number of alkyl halides is 2. The summed E-state index contributed by atoms with van der Waals surface area (Å²) in [6.45, 7) is 0.816. The maximum Gasteiger partial charge on any atom is 0.316 e. The Kier molecular flexibility index (Phi) is 2.01. The lowest BCUT2D eigenvalue weighted by Gasteiger charge is -1.96. The molecule has 0 spiro atoms. The van der Waals surface area contributed by atoms with Gasteiger partial charge in [0, 0.05) is 5.92 Å². The molecule has 1 saturated carbocycles. The van der Waals surface area contributed by atoms with Crippen LogP contribution in [0.25, 0.3) is 0 Å². The minimum Gasteiger partial charge on any atom is -0.450 e. The second kappa shape index (κ2) is 2.70. The summed E-state index contributed by atoms with van der Waals surface area (Å²) in [7, 11) is 0. The summed E-state index contributed by atoms with van der Waals surface area (Å²) < 4.78 is 29.2. The average Bonchev–Trinajstić information content (AvgIpc) is 2.47. The molecule has 0 aromatic heterocycles. The maximum absolute atomic E-state index is 12.5. The fourth-order valence-electron chi connectivity index (χ4n) is 1.03. The summed E-state index contributed by atoms with van der Waals surface area (Å²) in [6.07, 6.45) is 0. The molecule has 12 heavy (non-hydrogen) atoms. The minimum absolute atomic E-state index is 0.460. The van der Waals surface area contributed by atoms with Gasteiger partial charge in [0.1, 0.15) is 12.0 Å². The molecule has 0 aliphatic heterocycles. The zero-order chi connectivity index (χ0) is 9.35. The maximum atomic E-state index is 12.5. The van der Waals surface area contributed by atoms with Crippen LogP contribution in [-0.4, -0.2) is 18.5 Å². The smallest absolute Gasteiger partial charge is 0.316 e. The summed E-state index contributed by atoms with van der Waals surface area (Å²) in [5.41, 5.74) is 0. The first kappa shape index (κ1) is 8.91. The van der Waals surface area contributed by atoms with Crippen molar-refractivity contribution < 1.29 is 18.3 Å². The fraction of sp³-hybridized carbons (Fsp3) is 0.714. The molecule has 0 amide bonds. The highest BCUT2D eigenvalue weighted by Crippen LogP contribution is 2.55. The topological polar surface area (TPSA) is 50.1 Å². The number of nitrogens with zero attached hydrogens (tertiary/aromatic N) is 1. The molecular weight excluding hydrogens is 168 g/mol. The lowest BCUT2D eigenvalue weighted by atomic mass is 10.3. The standard InChI is InChI=1S/C7H7F2NO2/c1-4-5(7(4,8)9)6(11)12-3-2-10/h4-5H,3H2,1H3. The second-order valence-electron chi connectivity index (χ2n) is 2.71. The highest BCUT2D eigenvalue weighted by atomic mass is 19.3.